The third kappa shape index (κ3) is 3.01. The number of carbonyl (C=O) groups excluding carboxylic acids is 2. The molecule has 0 spiro atoms. The van der Waals surface area contributed by atoms with E-state index in [1.54, 1.807) is 24.4 Å². The zero-order chi connectivity index (χ0) is 17.3. The summed E-state index contributed by atoms with van der Waals surface area (Å²) in [6, 6.07) is 11.4. The monoisotopic (exact) mass is 322 g/mol. The molecule has 24 heavy (non-hydrogen) atoms. The minimum Gasteiger partial charge on any atom is -0.338 e. The molecule has 0 saturated heterocycles. The number of hydrogen-bond acceptors (Lipinski definition) is 3. The average Bonchev–Trinajstić information content (AvgIpc) is 3.04. The quantitative estimate of drug-likeness (QED) is 0.729. The number of aromatic nitrogens is 2. The van der Waals surface area contributed by atoms with E-state index < -0.39 is 5.82 Å². The van der Waals surface area contributed by atoms with Gasteiger partial charge < -0.3 is 4.98 Å². The fourth-order valence-corrected chi connectivity index (χ4v) is 2.42. The lowest BCUT2D eigenvalue weighted by Crippen LogP contribution is -1.95. The van der Waals surface area contributed by atoms with Crippen molar-refractivity contribution >= 4 is 11.6 Å². The predicted octanol–water partition coefficient (Wildman–Crippen LogP) is 4.29. The van der Waals surface area contributed by atoms with Crippen molar-refractivity contribution in [3.05, 3.63) is 65.6 Å². The molecule has 3 rings (SSSR count). The van der Waals surface area contributed by atoms with Gasteiger partial charge in [-0.05, 0) is 31.5 Å². The van der Waals surface area contributed by atoms with Crippen LogP contribution >= 0.6 is 0 Å². The molecule has 1 aromatic heterocycles. The first-order valence-corrected chi connectivity index (χ1v) is 7.43. The van der Waals surface area contributed by atoms with Crippen LogP contribution in [0.3, 0.4) is 0 Å². The van der Waals surface area contributed by atoms with Gasteiger partial charge in [0, 0.05) is 11.1 Å². The number of halogens is 1. The van der Waals surface area contributed by atoms with Gasteiger partial charge in [-0.1, -0.05) is 30.3 Å². The molecule has 0 amide bonds. The molecule has 2 aromatic carbocycles. The fourth-order valence-electron chi connectivity index (χ4n) is 2.42. The molecule has 5 heteroatoms. The van der Waals surface area contributed by atoms with Crippen molar-refractivity contribution in [1.82, 2.24) is 9.97 Å². The molecule has 1 heterocycles. The molecule has 0 bridgehead atoms. The molecule has 0 saturated carbocycles. The summed E-state index contributed by atoms with van der Waals surface area (Å²) in [5.74, 6) is -0.311. The van der Waals surface area contributed by atoms with E-state index in [0.717, 1.165) is 11.3 Å². The van der Waals surface area contributed by atoms with Gasteiger partial charge in [0.05, 0.1) is 17.5 Å². The van der Waals surface area contributed by atoms with Crippen LogP contribution in [0.1, 0.15) is 34.6 Å². The van der Waals surface area contributed by atoms with E-state index in [-0.39, 0.29) is 11.6 Å². The number of hydrogen-bond donors (Lipinski definition) is 1. The van der Waals surface area contributed by atoms with Crippen LogP contribution in [0.2, 0.25) is 0 Å². The van der Waals surface area contributed by atoms with Crippen LogP contribution in [-0.2, 0) is 0 Å². The molecular weight excluding hydrogens is 307 g/mol. The first-order chi connectivity index (χ1) is 11.5. The summed E-state index contributed by atoms with van der Waals surface area (Å²) in [6.07, 6.45) is 1.61. The number of nitrogens with zero attached hydrogens (tertiary/aromatic N) is 1. The first-order valence-electron chi connectivity index (χ1n) is 7.43. The van der Waals surface area contributed by atoms with E-state index in [4.69, 9.17) is 0 Å². The van der Waals surface area contributed by atoms with Crippen molar-refractivity contribution in [2.45, 2.75) is 13.8 Å². The Morgan fingerprint density at radius 3 is 2.17 bits per heavy atom. The molecule has 0 aliphatic carbocycles. The maximum atomic E-state index is 14.2. The van der Waals surface area contributed by atoms with Crippen LogP contribution in [0.4, 0.5) is 4.39 Å². The van der Waals surface area contributed by atoms with Crippen LogP contribution in [-0.4, -0.2) is 21.5 Å². The lowest BCUT2D eigenvalue weighted by atomic mass is 10.1. The van der Waals surface area contributed by atoms with Crippen LogP contribution in [0.5, 0.6) is 0 Å². The lowest BCUT2D eigenvalue weighted by Gasteiger charge is -2.02. The first kappa shape index (κ1) is 15.8. The second-order valence-electron chi connectivity index (χ2n) is 5.53. The molecule has 0 fully saturated rings. The number of Topliss-reactive ketones (excluding diaryl/α,β-unsaturated/α-hetero) is 2. The number of rotatable bonds is 4. The Morgan fingerprint density at radius 1 is 0.958 bits per heavy atom. The van der Waals surface area contributed by atoms with Gasteiger partial charge in [0.25, 0.3) is 0 Å². The minimum atomic E-state index is -0.504. The highest BCUT2D eigenvalue weighted by Gasteiger charge is 2.12. The molecule has 4 nitrogen and oxygen atoms in total. The van der Waals surface area contributed by atoms with Crippen LogP contribution in [0, 0.1) is 5.82 Å². The van der Waals surface area contributed by atoms with Gasteiger partial charge in [-0.2, -0.15) is 0 Å². The molecule has 120 valence electrons. The van der Waals surface area contributed by atoms with Gasteiger partial charge in [0.1, 0.15) is 11.6 Å². The highest BCUT2D eigenvalue weighted by Crippen LogP contribution is 2.25. The second kappa shape index (κ2) is 6.20. The van der Waals surface area contributed by atoms with Gasteiger partial charge in [0.2, 0.25) is 0 Å². The minimum absolute atomic E-state index is 0.000480. The molecule has 3 aromatic rings. The van der Waals surface area contributed by atoms with Crippen molar-refractivity contribution in [1.29, 1.82) is 0 Å². The Morgan fingerprint density at radius 2 is 1.58 bits per heavy atom. The summed E-state index contributed by atoms with van der Waals surface area (Å²) in [4.78, 5) is 29.9. The number of ketones is 2. The van der Waals surface area contributed by atoms with Crippen LogP contribution in [0.25, 0.3) is 22.6 Å². The van der Waals surface area contributed by atoms with E-state index in [0.29, 0.717) is 22.5 Å². The second-order valence-corrected chi connectivity index (χ2v) is 5.53. The molecule has 1 N–H and O–H groups in total. The average molecular weight is 322 g/mol. The van der Waals surface area contributed by atoms with Crippen molar-refractivity contribution in [3.8, 4) is 22.6 Å². The van der Waals surface area contributed by atoms with Crippen LogP contribution in [0.15, 0.2) is 48.7 Å². The van der Waals surface area contributed by atoms with Gasteiger partial charge in [-0.25, -0.2) is 9.37 Å². The third-order valence-electron chi connectivity index (χ3n) is 3.81. The SMILES string of the molecule is CC(=O)c1ccc(-c2cnc(-c3ccc(C(C)=O)cc3F)[nH]2)cc1. The van der Waals surface area contributed by atoms with Gasteiger partial charge in [0.15, 0.2) is 11.6 Å². The zero-order valence-electron chi connectivity index (χ0n) is 13.3. The smallest absolute Gasteiger partial charge is 0.159 e. The number of H-pyrrole nitrogens is 1. The summed E-state index contributed by atoms with van der Waals surface area (Å²) in [5.41, 5.74) is 2.81. The Kier molecular flexibility index (Phi) is 4.08. The predicted molar refractivity (Wildman–Crippen MR) is 89.4 cm³/mol. The summed E-state index contributed by atoms with van der Waals surface area (Å²) in [6.45, 7) is 2.90. The van der Waals surface area contributed by atoms with Crippen molar-refractivity contribution in [2.75, 3.05) is 0 Å². The number of aromatic amines is 1. The number of imidazole rings is 1. The van der Waals surface area contributed by atoms with E-state index in [9.17, 15) is 14.0 Å². The van der Waals surface area contributed by atoms with Crippen molar-refractivity contribution in [2.24, 2.45) is 0 Å². The standard InChI is InChI=1S/C19H15FN2O2/c1-11(23)13-3-5-14(6-4-13)18-10-21-19(22-18)16-8-7-15(12(2)24)9-17(16)20/h3-10H,1-2H3,(H,21,22). The normalized spacial score (nSPS) is 10.6. The van der Waals surface area contributed by atoms with E-state index in [2.05, 4.69) is 9.97 Å². The van der Waals surface area contributed by atoms with E-state index in [1.807, 2.05) is 12.1 Å². The summed E-state index contributed by atoms with van der Waals surface area (Å²) in [7, 11) is 0. The molecular formula is C19H15FN2O2. The fraction of sp³-hybridized carbons (Fsp3) is 0.105. The molecule has 0 aliphatic heterocycles. The van der Waals surface area contributed by atoms with Crippen LogP contribution < -0.4 is 0 Å². The Hall–Kier alpha value is -3.08. The van der Waals surface area contributed by atoms with Crippen molar-refractivity contribution in [3.63, 3.8) is 0 Å². The maximum absolute atomic E-state index is 14.2. The Bertz CT molecular complexity index is 927. The lowest BCUT2D eigenvalue weighted by molar-refractivity contribution is 0.100. The third-order valence-corrected chi connectivity index (χ3v) is 3.81. The topological polar surface area (TPSA) is 62.8 Å². The molecule has 0 unspecified atom stereocenters. The highest BCUT2D eigenvalue weighted by atomic mass is 19.1. The number of nitrogens with one attached hydrogen (secondary N) is 1. The zero-order valence-corrected chi connectivity index (χ0v) is 13.3. The highest BCUT2D eigenvalue weighted by molar-refractivity contribution is 5.95. The number of carbonyl (C=O) groups is 2. The molecule has 0 aliphatic rings. The summed E-state index contributed by atoms with van der Waals surface area (Å²) >= 11 is 0. The molecule has 0 radical (unpaired) electrons. The van der Waals surface area contributed by atoms with E-state index >= 15 is 0 Å². The maximum Gasteiger partial charge on any atom is 0.159 e. The van der Waals surface area contributed by atoms with Crippen molar-refractivity contribution < 1.29 is 14.0 Å². The van der Waals surface area contributed by atoms with Gasteiger partial charge >= 0.3 is 0 Å². The Labute approximate surface area is 138 Å². The molecule has 0 atom stereocenters. The number of benzene rings is 2. The van der Waals surface area contributed by atoms with Gasteiger partial charge in [-0.3, -0.25) is 9.59 Å². The largest absolute Gasteiger partial charge is 0.338 e. The van der Waals surface area contributed by atoms with E-state index in [1.165, 1.54) is 26.0 Å². The van der Waals surface area contributed by atoms with Gasteiger partial charge in [-0.15, -0.1) is 0 Å². The summed E-state index contributed by atoms with van der Waals surface area (Å²) in [5, 5.41) is 0. The Balaban J connectivity index is 1.93. The summed E-state index contributed by atoms with van der Waals surface area (Å²) < 4.78 is 14.2.